The third-order valence-electron chi connectivity index (χ3n) is 1.50. The Bertz CT molecular complexity index is 305. The van der Waals surface area contributed by atoms with Gasteiger partial charge in [-0.15, -0.1) is 11.3 Å². The van der Waals surface area contributed by atoms with Crippen LogP contribution >= 0.6 is 11.3 Å². The predicted octanol–water partition coefficient (Wildman–Crippen LogP) is 2.49. The van der Waals surface area contributed by atoms with E-state index in [1.807, 2.05) is 27.7 Å². The highest BCUT2D eigenvalue weighted by atomic mass is 32.1. The van der Waals surface area contributed by atoms with Crippen LogP contribution in [0.25, 0.3) is 0 Å². The highest BCUT2D eigenvalue weighted by molar-refractivity contribution is 7.13. The second kappa shape index (κ2) is 5.75. The standard InChI is InChI=1S/C8H12N2OS.C2H6/c1-5-7(8(11)10(3)4)12-6(2)9-5;1-2/h1-4H3;1-2H3. The number of hydrogen-bond acceptors (Lipinski definition) is 3. The lowest BCUT2D eigenvalue weighted by Gasteiger charge is -2.07. The molecule has 0 saturated heterocycles. The molecule has 80 valence electrons. The number of hydrogen-bond donors (Lipinski definition) is 0. The van der Waals surface area contributed by atoms with Crippen molar-refractivity contribution in [2.75, 3.05) is 14.1 Å². The molecule has 4 heteroatoms. The normalized spacial score (nSPS) is 9.00. The van der Waals surface area contributed by atoms with Crippen molar-refractivity contribution in [3.8, 4) is 0 Å². The summed E-state index contributed by atoms with van der Waals surface area (Å²) in [7, 11) is 3.49. The molecule has 0 fully saturated rings. The van der Waals surface area contributed by atoms with Crippen molar-refractivity contribution >= 4 is 17.2 Å². The molecule has 0 saturated carbocycles. The van der Waals surface area contributed by atoms with Crippen molar-refractivity contribution in [2.45, 2.75) is 27.7 Å². The van der Waals surface area contributed by atoms with Gasteiger partial charge in [0, 0.05) is 14.1 Å². The molecule has 0 spiro atoms. The fourth-order valence-corrected chi connectivity index (χ4v) is 1.87. The van der Waals surface area contributed by atoms with E-state index in [1.165, 1.54) is 11.3 Å². The molecule has 1 aromatic rings. The first-order chi connectivity index (χ1) is 6.52. The number of aryl methyl sites for hydroxylation is 2. The van der Waals surface area contributed by atoms with Crippen molar-refractivity contribution in [2.24, 2.45) is 0 Å². The van der Waals surface area contributed by atoms with E-state index in [1.54, 1.807) is 19.0 Å². The van der Waals surface area contributed by atoms with Crippen LogP contribution in [0.3, 0.4) is 0 Å². The largest absolute Gasteiger partial charge is 0.344 e. The number of aromatic nitrogens is 1. The molecule has 0 aliphatic heterocycles. The van der Waals surface area contributed by atoms with E-state index in [0.29, 0.717) is 0 Å². The average Bonchev–Trinajstić information content (AvgIpc) is 2.47. The zero-order valence-corrected chi connectivity index (χ0v) is 10.5. The van der Waals surface area contributed by atoms with Gasteiger partial charge < -0.3 is 4.90 Å². The number of carbonyl (C=O) groups excluding carboxylic acids is 1. The summed E-state index contributed by atoms with van der Waals surface area (Å²) >= 11 is 1.45. The van der Waals surface area contributed by atoms with Crippen LogP contribution in [0.2, 0.25) is 0 Å². The predicted molar refractivity (Wildman–Crippen MR) is 61.0 cm³/mol. The van der Waals surface area contributed by atoms with Crippen LogP contribution < -0.4 is 0 Å². The van der Waals surface area contributed by atoms with E-state index in [-0.39, 0.29) is 5.91 Å². The lowest BCUT2D eigenvalue weighted by molar-refractivity contribution is 0.0831. The molecule has 3 nitrogen and oxygen atoms in total. The Morgan fingerprint density at radius 2 is 1.79 bits per heavy atom. The summed E-state index contributed by atoms with van der Waals surface area (Å²) < 4.78 is 0. The van der Waals surface area contributed by atoms with E-state index < -0.39 is 0 Å². The Kier molecular flexibility index (Phi) is 5.38. The highest BCUT2D eigenvalue weighted by Gasteiger charge is 2.14. The van der Waals surface area contributed by atoms with Gasteiger partial charge in [0.1, 0.15) is 4.88 Å². The molecule has 0 bridgehead atoms. The van der Waals surface area contributed by atoms with Gasteiger partial charge in [0.15, 0.2) is 0 Å². The minimum Gasteiger partial charge on any atom is -0.344 e. The number of amides is 1. The molecule has 0 N–H and O–H groups in total. The summed E-state index contributed by atoms with van der Waals surface area (Å²) in [6.07, 6.45) is 0. The summed E-state index contributed by atoms with van der Waals surface area (Å²) in [4.78, 5) is 18.0. The summed E-state index contributed by atoms with van der Waals surface area (Å²) in [5, 5.41) is 0.942. The molecule has 1 heterocycles. The van der Waals surface area contributed by atoms with Crippen molar-refractivity contribution < 1.29 is 4.79 Å². The summed E-state index contributed by atoms with van der Waals surface area (Å²) in [6.45, 7) is 7.77. The van der Waals surface area contributed by atoms with E-state index in [9.17, 15) is 4.79 Å². The molecule has 0 aliphatic carbocycles. The van der Waals surface area contributed by atoms with Gasteiger partial charge in [-0.05, 0) is 13.8 Å². The fourth-order valence-electron chi connectivity index (χ4n) is 0.933. The van der Waals surface area contributed by atoms with Gasteiger partial charge in [0.05, 0.1) is 10.7 Å². The second-order valence-electron chi connectivity index (χ2n) is 2.85. The Balaban J connectivity index is 0.000000791. The number of carbonyl (C=O) groups is 1. The number of nitrogens with zero attached hydrogens (tertiary/aromatic N) is 2. The number of thiazole rings is 1. The highest BCUT2D eigenvalue weighted by Crippen LogP contribution is 2.17. The van der Waals surface area contributed by atoms with Crippen molar-refractivity contribution in [1.29, 1.82) is 0 Å². The average molecular weight is 214 g/mol. The monoisotopic (exact) mass is 214 g/mol. The number of rotatable bonds is 1. The van der Waals surface area contributed by atoms with E-state index >= 15 is 0 Å². The molecule has 14 heavy (non-hydrogen) atoms. The molecular formula is C10H18N2OS. The first-order valence-electron chi connectivity index (χ1n) is 4.68. The molecule has 0 radical (unpaired) electrons. The van der Waals surface area contributed by atoms with Crippen LogP contribution in [-0.4, -0.2) is 29.9 Å². The van der Waals surface area contributed by atoms with Crippen LogP contribution in [0.4, 0.5) is 0 Å². The van der Waals surface area contributed by atoms with E-state index in [0.717, 1.165) is 15.6 Å². The first-order valence-corrected chi connectivity index (χ1v) is 5.49. The SMILES string of the molecule is CC.Cc1nc(C)c(C(=O)N(C)C)s1. The van der Waals surface area contributed by atoms with Crippen LogP contribution in [-0.2, 0) is 0 Å². The van der Waals surface area contributed by atoms with Crippen LogP contribution in [0.15, 0.2) is 0 Å². The zero-order valence-electron chi connectivity index (χ0n) is 9.71. The van der Waals surface area contributed by atoms with Gasteiger partial charge in [-0.2, -0.15) is 0 Å². The van der Waals surface area contributed by atoms with Gasteiger partial charge >= 0.3 is 0 Å². The Morgan fingerprint density at radius 1 is 1.29 bits per heavy atom. The fraction of sp³-hybridized carbons (Fsp3) is 0.600. The van der Waals surface area contributed by atoms with Gasteiger partial charge in [0.2, 0.25) is 0 Å². The van der Waals surface area contributed by atoms with Crippen LogP contribution in [0.5, 0.6) is 0 Å². The summed E-state index contributed by atoms with van der Waals surface area (Å²) in [6, 6.07) is 0. The quantitative estimate of drug-likeness (QED) is 0.719. The molecule has 1 amide bonds. The minimum atomic E-state index is 0.0399. The van der Waals surface area contributed by atoms with Gasteiger partial charge in [-0.25, -0.2) is 4.98 Å². The maximum Gasteiger partial charge on any atom is 0.265 e. The maximum absolute atomic E-state index is 11.5. The second-order valence-corrected chi connectivity index (χ2v) is 4.05. The zero-order chi connectivity index (χ0) is 11.3. The van der Waals surface area contributed by atoms with Crippen molar-refractivity contribution in [3.63, 3.8) is 0 Å². The van der Waals surface area contributed by atoms with Crippen molar-refractivity contribution in [3.05, 3.63) is 15.6 Å². The molecule has 0 aromatic carbocycles. The van der Waals surface area contributed by atoms with E-state index in [4.69, 9.17) is 0 Å². The first kappa shape index (κ1) is 13.1. The van der Waals surface area contributed by atoms with Crippen molar-refractivity contribution in [1.82, 2.24) is 9.88 Å². The summed E-state index contributed by atoms with van der Waals surface area (Å²) in [5.41, 5.74) is 0.830. The molecule has 1 rings (SSSR count). The molecule has 0 unspecified atom stereocenters. The molecule has 0 aliphatic rings. The van der Waals surface area contributed by atoms with Crippen LogP contribution in [0.1, 0.15) is 34.2 Å². The lowest BCUT2D eigenvalue weighted by atomic mass is 10.3. The third kappa shape index (κ3) is 3.10. The Labute approximate surface area is 89.8 Å². The summed E-state index contributed by atoms with van der Waals surface area (Å²) in [5.74, 6) is 0.0399. The minimum absolute atomic E-state index is 0.0399. The van der Waals surface area contributed by atoms with E-state index in [2.05, 4.69) is 4.98 Å². The molecule has 0 atom stereocenters. The third-order valence-corrected chi connectivity index (χ3v) is 2.56. The van der Waals surface area contributed by atoms with Crippen LogP contribution in [0, 0.1) is 13.8 Å². The van der Waals surface area contributed by atoms with Gasteiger partial charge in [0.25, 0.3) is 5.91 Å². The maximum atomic E-state index is 11.5. The molecular weight excluding hydrogens is 196 g/mol. The lowest BCUT2D eigenvalue weighted by Crippen LogP contribution is -2.21. The smallest absolute Gasteiger partial charge is 0.265 e. The van der Waals surface area contributed by atoms with Gasteiger partial charge in [-0.1, -0.05) is 13.8 Å². The topological polar surface area (TPSA) is 33.2 Å². The molecule has 1 aromatic heterocycles. The Morgan fingerprint density at radius 3 is 2.07 bits per heavy atom. The van der Waals surface area contributed by atoms with Gasteiger partial charge in [-0.3, -0.25) is 4.79 Å². The Hall–Kier alpha value is -0.900.